The van der Waals surface area contributed by atoms with Gasteiger partial charge in [0, 0.05) is 19.3 Å². The fourth-order valence-electron chi connectivity index (χ4n) is 4.16. The van der Waals surface area contributed by atoms with Gasteiger partial charge in [0.2, 0.25) is 0 Å². The van der Waals surface area contributed by atoms with Crippen LogP contribution in [0.1, 0.15) is 51.9 Å². The first-order valence-corrected chi connectivity index (χ1v) is 6.47. The minimum atomic E-state index is 0.164. The van der Waals surface area contributed by atoms with E-state index in [0.29, 0.717) is 18.1 Å². The van der Waals surface area contributed by atoms with Crippen LogP contribution in [-0.4, -0.2) is 22.8 Å². The summed E-state index contributed by atoms with van der Waals surface area (Å²) in [6.45, 7) is 2.21. The molecular weight excluding hydrogens is 186 g/mol. The van der Waals surface area contributed by atoms with Crippen molar-refractivity contribution in [2.75, 3.05) is 0 Å². The molecule has 0 saturated carbocycles. The molecule has 0 aromatic carbocycles. The van der Waals surface area contributed by atoms with Crippen molar-refractivity contribution in [3.63, 3.8) is 0 Å². The summed E-state index contributed by atoms with van der Waals surface area (Å²) in [6, 6.07) is 1.15. The van der Waals surface area contributed by atoms with Gasteiger partial charge in [-0.05, 0) is 38.7 Å². The number of hydroxylamine groups is 3. The molecule has 0 aliphatic carbocycles. The first kappa shape index (κ1) is 9.86. The first-order chi connectivity index (χ1) is 7.21. The van der Waals surface area contributed by atoms with Crippen LogP contribution in [0.5, 0.6) is 0 Å². The third-order valence-corrected chi connectivity index (χ3v) is 4.81. The molecule has 2 nitrogen and oxygen atoms in total. The van der Waals surface area contributed by atoms with Crippen molar-refractivity contribution < 1.29 is 4.65 Å². The maximum Gasteiger partial charge on any atom is 0.108 e. The monoisotopic (exact) mass is 207 g/mol. The summed E-state index contributed by atoms with van der Waals surface area (Å²) in [5.74, 6) is 0. The van der Waals surface area contributed by atoms with Crippen LogP contribution in [0.4, 0.5) is 0 Å². The predicted octanol–water partition coefficient (Wildman–Crippen LogP) is 3.12. The zero-order valence-corrected chi connectivity index (χ0v) is 9.61. The SMILES string of the molecule is CC1=C[C@@H]2CCC[C@@H]3CCC[C@@H](C1)[N@+]32[O-]. The maximum absolute atomic E-state index is 13.1. The van der Waals surface area contributed by atoms with E-state index in [0.717, 1.165) is 12.8 Å². The summed E-state index contributed by atoms with van der Waals surface area (Å²) in [5.41, 5.74) is 1.47. The molecule has 3 rings (SSSR count). The van der Waals surface area contributed by atoms with Crippen molar-refractivity contribution in [1.82, 2.24) is 0 Å². The third kappa shape index (κ3) is 1.31. The van der Waals surface area contributed by atoms with Crippen LogP contribution in [-0.2, 0) is 0 Å². The molecule has 0 unspecified atom stereocenters. The smallest absolute Gasteiger partial charge is 0.108 e. The molecular formula is C13H21NO. The molecule has 3 aliphatic heterocycles. The Bertz CT molecular complexity index is 297. The van der Waals surface area contributed by atoms with Crippen LogP contribution in [0.15, 0.2) is 11.6 Å². The van der Waals surface area contributed by atoms with Gasteiger partial charge in [0.25, 0.3) is 0 Å². The van der Waals surface area contributed by atoms with Crippen LogP contribution >= 0.6 is 0 Å². The average molecular weight is 207 g/mol. The predicted molar refractivity (Wildman–Crippen MR) is 61.1 cm³/mol. The second kappa shape index (κ2) is 3.33. The van der Waals surface area contributed by atoms with Gasteiger partial charge in [0.05, 0.1) is 12.1 Å². The van der Waals surface area contributed by atoms with E-state index in [1.807, 2.05) is 0 Å². The zero-order valence-electron chi connectivity index (χ0n) is 9.61. The Morgan fingerprint density at radius 3 is 2.60 bits per heavy atom. The average Bonchev–Trinajstić information content (AvgIpc) is 2.19. The Labute approximate surface area is 92.1 Å². The van der Waals surface area contributed by atoms with Crippen LogP contribution in [0.3, 0.4) is 0 Å². The summed E-state index contributed by atoms with van der Waals surface area (Å²) >= 11 is 0. The molecule has 15 heavy (non-hydrogen) atoms. The van der Waals surface area contributed by atoms with Crippen LogP contribution in [0, 0.1) is 5.21 Å². The van der Waals surface area contributed by atoms with E-state index in [-0.39, 0.29) is 4.65 Å². The van der Waals surface area contributed by atoms with Gasteiger partial charge >= 0.3 is 0 Å². The van der Waals surface area contributed by atoms with Crippen molar-refractivity contribution in [2.45, 2.75) is 70.0 Å². The normalized spacial score (nSPS) is 49.5. The molecule has 3 aliphatic rings. The number of hydrogen-bond donors (Lipinski definition) is 0. The Hall–Kier alpha value is -0.340. The van der Waals surface area contributed by atoms with E-state index in [1.54, 1.807) is 0 Å². The number of quaternary nitrogens is 1. The quantitative estimate of drug-likeness (QED) is 0.340. The number of piperidine rings is 2. The highest BCUT2D eigenvalue weighted by Crippen LogP contribution is 2.45. The van der Waals surface area contributed by atoms with Gasteiger partial charge in [0.15, 0.2) is 0 Å². The minimum Gasteiger partial charge on any atom is -0.632 e. The van der Waals surface area contributed by atoms with E-state index in [9.17, 15) is 5.21 Å². The lowest BCUT2D eigenvalue weighted by Crippen LogP contribution is -2.67. The van der Waals surface area contributed by atoms with Gasteiger partial charge in [-0.1, -0.05) is 5.57 Å². The van der Waals surface area contributed by atoms with Crippen molar-refractivity contribution in [1.29, 1.82) is 0 Å². The molecule has 2 fully saturated rings. The highest BCUT2D eigenvalue weighted by molar-refractivity contribution is 5.10. The van der Waals surface area contributed by atoms with Crippen LogP contribution in [0.2, 0.25) is 0 Å². The molecule has 0 radical (unpaired) electrons. The Kier molecular flexibility index (Phi) is 2.18. The van der Waals surface area contributed by atoms with Gasteiger partial charge in [-0.2, -0.15) is 0 Å². The van der Waals surface area contributed by atoms with Crippen LogP contribution < -0.4 is 0 Å². The topological polar surface area (TPSA) is 23.1 Å². The molecule has 0 bridgehead atoms. The Morgan fingerprint density at radius 1 is 1.13 bits per heavy atom. The summed E-state index contributed by atoms with van der Waals surface area (Å²) in [5, 5.41) is 13.1. The highest BCUT2D eigenvalue weighted by atomic mass is 16.6. The lowest BCUT2D eigenvalue weighted by molar-refractivity contribution is -0.957. The fourth-order valence-corrected chi connectivity index (χ4v) is 4.16. The molecule has 2 heteroatoms. The highest BCUT2D eigenvalue weighted by Gasteiger charge is 2.48. The molecule has 2 saturated heterocycles. The molecule has 0 aromatic rings. The van der Waals surface area contributed by atoms with Crippen molar-refractivity contribution in [2.24, 2.45) is 0 Å². The molecule has 4 atom stereocenters. The number of rotatable bonds is 0. The van der Waals surface area contributed by atoms with E-state index in [1.165, 1.54) is 37.7 Å². The second-order valence-electron chi connectivity index (χ2n) is 5.72. The second-order valence-corrected chi connectivity index (χ2v) is 5.72. The number of hydrogen-bond acceptors (Lipinski definition) is 1. The first-order valence-electron chi connectivity index (χ1n) is 6.47. The van der Waals surface area contributed by atoms with E-state index in [4.69, 9.17) is 0 Å². The summed E-state index contributed by atoms with van der Waals surface area (Å²) in [6.07, 6.45) is 10.6. The lowest BCUT2D eigenvalue weighted by Gasteiger charge is -2.63. The van der Waals surface area contributed by atoms with Crippen molar-refractivity contribution in [3.8, 4) is 0 Å². The van der Waals surface area contributed by atoms with Gasteiger partial charge in [-0.25, -0.2) is 0 Å². The van der Waals surface area contributed by atoms with Gasteiger partial charge in [0.1, 0.15) is 6.04 Å². The summed E-state index contributed by atoms with van der Waals surface area (Å²) in [7, 11) is 0. The number of nitrogens with zero attached hydrogens (tertiary/aromatic N) is 1. The van der Waals surface area contributed by atoms with E-state index < -0.39 is 0 Å². The fraction of sp³-hybridized carbons (Fsp3) is 0.846. The zero-order chi connectivity index (χ0) is 10.5. The maximum atomic E-state index is 13.1. The Morgan fingerprint density at radius 2 is 1.80 bits per heavy atom. The summed E-state index contributed by atoms with van der Waals surface area (Å²) < 4.78 is 0.164. The van der Waals surface area contributed by atoms with Crippen molar-refractivity contribution in [3.05, 3.63) is 16.9 Å². The Balaban J connectivity index is 2.00. The van der Waals surface area contributed by atoms with Gasteiger partial charge in [-0.3, -0.25) is 0 Å². The van der Waals surface area contributed by atoms with Crippen LogP contribution in [0.25, 0.3) is 0 Å². The minimum absolute atomic E-state index is 0.164. The molecule has 0 spiro atoms. The molecule has 0 aromatic heterocycles. The van der Waals surface area contributed by atoms with Crippen molar-refractivity contribution >= 4 is 0 Å². The van der Waals surface area contributed by atoms with Gasteiger partial charge < -0.3 is 9.85 Å². The van der Waals surface area contributed by atoms with E-state index in [2.05, 4.69) is 13.0 Å². The van der Waals surface area contributed by atoms with E-state index >= 15 is 0 Å². The summed E-state index contributed by atoms with van der Waals surface area (Å²) in [4.78, 5) is 0. The largest absolute Gasteiger partial charge is 0.632 e. The standard InChI is InChI=1S/C13H21NO/c1-10-8-12-6-2-4-11-5-3-7-13(9-10)14(11,12)15/h8,11-13H,2-7,9H2,1H3/t11-,12+,13+,14+/m1/s1. The van der Waals surface area contributed by atoms with Gasteiger partial charge in [-0.15, -0.1) is 0 Å². The molecule has 84 valence electrons. The third-order valence-electron chi connectivity index (χ3n) is 4.81. The molecule has 0 amide bonds. The lowest BCUT2D eigenvalue weighted by atomic mass is 9.79. The molecule has 3 heterocycles. The molecule has 0 N–H and O–H groups in total.